The molecule has 2 aliphatic heterocycles. The SMILES string of the molecule is CCNC(=NCC1CC(=O)Nc2ccccc21)NCCN1CCN(Cc2ccccc2)CC1. The van der Waals surface area contributed by atoms with Crippen molar-refractivity contribution in [2.24, 2.45) is 4.99 Å². The molecule has 1 atom stereocenters. The van der Waals surface area contributed by atoms with Crippen LogP contribution in [0, 0.1) is 0 Å². The Morgan fingerprint density at radius 1 is 1.00 bits per heavy atom. The third-order valence-electron chi connectivity index (χ3n) is 6.35. The van der Waals surface area contributed by atoms with Crippen molar-refractivity contribution in [3.8, 4) is 0 Å². The van der Waals surface area contributed by atoms with Crippen molar-refractivity contribution in [3.05, 3.63) is 65.7 Å². The van der Waals surface area contributed by atoms with Crippen LogP contribution in [0.4, 0.5) is 5.69 Å². The summed E-state index contributed by atoms with van der Waals surface area (Å²) in [6, 6.07) is 18.7. The molecule has 0 aliphatic carbocycles. The minimum Gasteiger partial charge on any atom is -0.357 e. The molecule has 2 aromatic carbocycles. The molecule has 7 nitrogen and oxygen atoms in total. The van der Waals surface area contributed by atoms with Gasteiger partial charge in [0.15, 0.2) is 5.96 Å². The Kier molecular flexibility index (Phi) is 8.33. The zero-order valence-corrected chi connectivity index (χ0v) is 19.6. The molecule has 0 spiro atoms. The van der Waals surface area contributed by atoms with Crippen LogP contribution in [0.1, 0.15) is 30.4 Å². The van der Waals surface area contributed by atoms with E-state index in [9.17, 15) is 4.79 Å². The van der Waals surface area contributed by atoms with E-state index >= 15 is 0 Å². The number of nitrogens with zero attached hydrogens (tertiary/aromatic N) is 3. The van der Waals surface area contributed by atoms with Crippen LogP contribution in [0.3, 0.4) is 0 Å². The predicted molar refractivity (Wildman–Crippen MR) is 135 cm³/mol. The lowest BCUT2D eigenvalue weighted by Crippen LogP contribution is -2.49. The van der Waals surface area contributed by atoms with Gasteiger partial charge in [-0.1, -0.05) is 48.5 Å². The monoisotopic (exact) mass is 448 g/mol. The van der Waals surface area contributed by atoms with E-state index in [4.69, 9.17) is 4.99 Å². The molecule has 2 heterocycles. The molecule has 1 saturated heterocycles. The van der Waals surface area contributed by atoms with Crippen LogP contribution in [0.2, 0.25) is 0 Å². The lowest BCUT2D eigenvalue weighted by atomic mass is 9.91. The van der Waals surface area contributed by atoms with Gasteiger partial charge >= 0.3 is 0 Å². The first kappa shape index (κ1) is 23.3. The number of benzene rings is 2. The topological polar surface area (TPSA) is 72.0 Å². The number of rotatable bonds is 8. The van der Waals surface area contributed by atoms with Crippen molar-refractivity contribution in [2.45, 2.75) is 25.8 Å². The molecule has 2 aliphatic rings. The molecule has 4 rings (SSSR count). The lowest BCUT2D eigenvalue weighted by Gasteiger charge is -2.34. The Bertz CT molecular complexity index is 923. The van der Waals surface area contributed by atoms with Crippen molar-refractivity contribution >= 4 is 17.6 Å². The van der Waals surface area contributed by atoms with Crippen LogP contribution < -0.4 is 16.0 Å². The maximum absolute atomic E-state index is 12.1. The molecular formula is C26H36N6O. The second-order valence-electron chi connectivity index (χ2n) is 8.79. The fourth-order valence-electron chi connectivity index (χ4n) is 4.55. The fourth-order valence-corrected chi connectivity index (χ4v) is 4.55. The van der Waals surface area contributed by atoms with E-state index in [1.165, 1.54) is 11.1 Å². The van der Waals surface area contributed by atoms with E-state index in [-0.39, 0.29) is 11.8 Å². The minimum absolute atomic E-state index is 0.0678. The number of fused-ring (bicyclic) bond motifs is 1. The summed E-state index contributed by atoms with van der Waals surface area (Å²) < 4.78 is 0. The summed E-state index contributed by atoms with van der Waals surface area (Å²) in [7, 11) is 0. The van der Waals surface area contributed by atoms with Crippen molar-refractivity contribution in [1.82, 2.24) is 20.4 Å². The Balaban J connectivity index is 1.22. The van der Waals surface area contributed by atoms with Gasteiger partial charge in [0.2, 0.25) is 5.91 Å². The summed E-state index contributed by atoms with van der Waals surface area (Å²) in [5.41, 5.74) is 3.47. The number of carbonyl (C=O) groups excluding carboxylic acids is 1. The highest BCUT2D eigenvalue weighted by Crippen LogP contribution is 2.31. The summed E-state index contributed by atoms with van der Waals surface area (Å²) in [6.07, 6.45) is 0.479. The standard InChI is InChI=1S/C26H36N6O/c1-2-27-26(29-19-22-18-25(33)30-24-11-7-6-10-23(22)24)28-12-13-31-14-16-32(17-15-31)20-21-8-4-3-5-9-21/h3-11,22H,2,12-20H2,1H3,(H,30,33)(H2,27,28,29). The molecule has 7 heteroatoms. The average Bonchev–Trinajstić information content (AvgIpc) is 2.84. The van der Waals surface area contributed by atoms with Crippen LogP contribution in [0.25, 0.3) is 0 Å². The Labute approximate surface area is 197 Å². The molecule has 0 bridgehead atoms. The molecule has 0 radical (unpaired) electrons. The Hall–Kier alpha value is -2.90. The molecule has 1 fully saturated rings. The molecule has 176 valence electrons. The van der Waals surface area contributed by atoms with Crippen LogP contribution in [0.15, 0.2) is 59.6 Å². The number of hydrogen-bond donors (Lipinski definition) is 3. The van der Waals surface area contributed by atoms with Crippen molar-refractivity contribution in [2.75, 3.05) is 57.7 Å². The first-order valence-electron chi connectivity index (χ1n) is 12.1. The zero-order valence-electron chi connectivity index (χ0n) is 19.6. The molecular weight excluding hydrogens is 412 g/mol. The molecule has 1 unspecified atom stereocenters. The summed E-state index contributed by atoms with van der Waals surface area (Å²) >= 11 is 0. The van der Waals surface area contributed by atoms with Gasteiger partial charge in [0.05, 0.1) is 6.54 Å². The van der Waals surface area contributed by atoms with E-state index in [2.05, 4.69) is 69.1 Å². The quantitative estimate of drug-likeness (QED) is 0.428. The highest BCUT2D eigenvalue weighted by molar-refractivity contribution is 5.94. The van der Waals surface area contributed by atoms with Gasteiger partial charge in [0.1, 0.15) is 0 Å². The molecule has 1 amide bonds. The predicted octanol–water partition coefficient (Wildman–Crippen LogP) is 2.49. The van der Waals surface area contributed by atoms with Crippen molar-refractivity contribution in [3.63, 3.8) is 0 Å². The van der Waals surface area contributed by atoms with E-state index in [1.54, 1.807) is 0 Å². The highest BCUT2D eigenvalue weighted by Gasteiger charge is 2.24. The summed E-state index contributed by atoms with van der Waals surface area (Å²) in [4.78, 5) is 21.9. The minimum atomic E-state index is 0.0678. The number of amides is 1. The van der Waals surface area contributed by atoms with Gasteiger partial charge in [0.25, 0.3) is 0 Å². The van der Waals surface area contributed by atoms with Crippen LogP contribution in [0.5, 0.6) is 0 Å². The smallest absolute Gasteiger partial charge is 0.225 e. The van der Waals surface area contributed by atoms with Gasteiger partial charge < -0.3 is 16.0 Å². The number of aliphatic imine (C=N–C) groups is 1. The summed E-state index contributed by atoms with van der Waals surface area (Å²) in [6.45, 7) is 10.8. The van der Waals surface area contributed by atoms with Crippen LogP contribution in [-0.2, 0) is 11.3 Å². The average molecular weight is 449 g/mol. The lowest BCUT2D eigenvalue weighted by molar-refractivity contribution is -0.116. The maximum Gasteiger partial charge on any atom is 0.225 e. The Morgan fingerprint density at radius 3 is 2.52 bits per heavy atom. The summed E-state index contributed by atoms with van der Waals surface area (Å²) in [5.74, 6) is 1.00. The van der Waals surface area contributed by atoms with E-state index in [1.807, 2.05) is 18.2 Å². The van der Waals surface area contributed by atoms with Crippen LogP contribution >= 0.6 is 0 Å². The second-order valence-corrected chi connectivity index (χ2v) is 8.79. The third-order valence-corrected chi connectivity index (χ3v) is 6.35. The van der Waals surface area contributed by atoms with Gasteiger partial charge in [0, 0.05) is 70.4 Å². The molecule has 33 heavy (non-hydrogen) atoms. The fraction of sp³-hybridized carbons (Fsp3) is 0.462. The number of nitrogens with one attached hydrogen (secondary N) is 3. The highest BCUT2D eigenvalue weighted by atomic mass is 16.1. The van der Waals surface area contributed by atoms with E-state index in [0.717, 1.165) is 64.0 Å². The molecule has 0 aromatic heterocycles. The van der Waals surface area contributed by atoms with Crippen LogP contribution in [-0.4, -0.2) is 74.0 Å². The normalized spacial score (nSPS) is 19.6. The zero-order chi connectivity index (χ0) is 22.9. The molecule has 0 saturated carbocycles. The number of hydrogen-bond acceptors (Lipinski definition) is 4. The number of guanidine groups is 1. The number of para-hydroxylation sites is 1. The first-order valence-corrected chi connectivity index (χ1v) is 12.1. The Morgan fingerprint density at radius 2 is 1.73 bits per heavy atom. The van der Waals surface area contributed by atoms with Gasteiger partial charge in [-0.25, -0.2) is 0 Å². The summed E-state index contributed by atoms with van der Waals surface area (Å²) in [5, 5.41) is 9.78. The maximum atomic E-state index is 12.1. The first-order chi connectivity index (χ1) is 16.2. The third kappa shape index (κ3) is 6.79. The number of anilines is 1. The van der Waals surface area contributed by atoms with E-state index in [0.29, 0.717) is 13.0 Å². The molecule has 3 N–H and O–H groups in total. The number of carbonyl (C=O) groups is 1. The van der Waals surface area contributed by atoms with Crippen molar-refractivity contribution in [1.29, 1.82) is 0 Å². The van der Waals surface area contributed by atoms with Gasteiger partial charge in [-0.3, -0.25) is 19.6 Å². The second kappa shape index (κ2) is 11.8. The van der Waals surface area contributed by atoms with E-state index < -0.39 is 0 Å². The largest absolute Gasteiger partial charge is 0.357 e. The van der Waals surface area contributed by atoms with Gasteiger partial charge in [-0.2, -0.15) is 0 Å². The molecule has 2 aromatic rings. The number of piperazine rings is 1. The van der Waals surface area contributed by atoms with Gasteiger partial charge in [-0.05, 0) is 24.1 Å². The van der Waals surface area contributed by atoms with Gasteiger partial charge in [-0.15, -0.1) is 0 Å². The van der Waals surface area contributed by atoms with Crippen molar-refractivity contribution < 1.29 is 4.79 Å².